The van der Waals surface area contributed by atoms with Crippen LogP contribution in [0.25, 0.3) is 0 Å². The molecule has 0 aromatic heterocycles. The van der Waals surface area contributed by atoms with Crippen LogP contribution in [0.2, 0.25) is 0 Å². The van der Waals surface area contributed by atoms with Crippen molar-refractivity contribution in [3.05, 3.63) is 102 Å². The van der Waals surface area contributed by atoms with E-state index in [1.54, 1.807) is 0 Å². The molecule has 1 saturated heterocycles. The number of rotatable bonds is 6. The fourth-order valence-electron chi connectivity index (χ4n) is 4.14. The average Bonchev–Trinajstić information content (AvgIpc) is 2.83. The van der Waals surface area contributed by atoms with Gasteiger partial charge in [-0.1, -0.05) is 72.8 Å². The number of amides is 1. The number of piperidine rings is 1. The molecule has 1 aliphatic rings. The number of hydrogen-bond donors (Lipinski definition) is 1. The van der Waals surface area contributed by atoms with E-state index in [-0.39, 0.29) is 17.3 Å². The highest BCUT2D eigenvalue weighted by molar-refractivity contribution is 7.89. The zero-order valence-corrected chi connectivity index (χ0v) is 18.3. The van der Waals surface area contributed by atoms with Gasteiger partial charge >= 0.3 is 0 Å². The molecule has 0 spiro atoms. The SMILES string of the molecule is O=C(NCc1ccccc1)[C@@H]1CC[C@H](c2ccccc2)N(S(=O)(=O)c2ccccc2F)C1. The minimum Gasteiger partial charge on any atom is -0.352 e. The highest BCUT2D eigenvalue weighted by atomic mass is 32.2. The molecule has 1 amide bonds. The van der Waals surface area contributed by atoms with Crippen LogP contribution in [0.5, 0.6) is 0 Å². The van der Waals surface area contributed by atoms with Gasteiger partial charge in [-0.25, -0.2) is 12.8 Å². The van der Waals surface area contributed by atoms with Crippen LogP contribution in [0.3, 0.4) is 0 Å². The third-order valence-electron chi connectivity index (χ3n) is 5.82. The number of halogens is 1. The third-order valence-corrected chi connectivity index (χ3v) is 7.73. The van der Waals surface area contributed by atoms with E-state index in [2.05, 4.69) is 5.32 Å². The predicted molar refractivity (Wildman–Crippen MR) is 120 cm³/mol. The molecule has 0 saturated carbocycles. The third kappa shape index (κ3) is 4.74. The summed E-state index contributed by atoms with van der Waals surface area (Å²) in [6, 6.07) is 23.7. The van der Waals surface area contributed by atoms with E-state index >= 15 is 0 Å². The molecular formula is C25H25FN2O3S. The minimum atomic E-state index is -4.15. The van der Waals surface area contributed by atoms with Gasteiger partial charge in [-0.2, -0.15) is 4.31 Å². The lowest BCUT2D eigenvalue weighted by atomic mass is 9.90. The lowest BCUT2D eigenvalue weighted by Gasteiger charge is -2.38. The molecule has 0 radical (unpaired) electrons. The first-order valence-corrected chi connectivity index (χ1v) is 12.0. The molecule has 5 nitrogen and oxygen atoms in total. The maximum atomic E-state index is 14.4. The second kappa shape index (κ2) is 9.63. The van der Waals surface area contributed by atoms with Crippen LogP contribution in [0.15, 0.2) is 89.8 Å². The van der Waals surface area contributed by atoms with E-state index in [4.69, 9.17) is 0 Å². The predicted octanol–water partition coefficient (Wildman–Crippen LogP) is 4.28. The van der Waals surface area contributed by atoms with E-state index in [9.17, 15) is 17.6 Å². The van der Waals surface area contributed by atoms with Gasteiger partial charge in [0.15, 0.2) is 0 Å². The van der Waals surface area contributed by atoms with Crippen LogP contribution in [0.4, 0.5) is 4.39 Å². The van der Waals surface area contributed by atoms with Gasteiger partial charge in [0.25, 0.3) is 0 Å². The Morgan fingerprint density at radius 1 is 0.906 bits per heavy atom. The second-order valence-electron chi connectivity index (χ2n) is 7.91. The van der Waals surface area contributed by atoms with Gasteiger partial charge in [-0.15, -0.1) is 0 Å². The molecule has 3 aromatic rings. The molecule has 7 heteroatoms. The van der Waals surface area contributed by atoms with Gasteiger partial charge in [0.1, 0.15) is 10.7 Å². The number of benzene rings is 3. The largest absolute Gasteiger partial charge is 0.352 e. The first kappa shape index (κ1) is 22.2. The van der Waals surface area contributed by atoms with Crippen molar-refractivity contribution >= 4 is 15.9 Å². The van der Waals surface area contributed by atoms with E-state index in [1.165, 1.54) is 22.5 Å². The van der Waals surface area contributed by atoms with E-state index in [0.29, 0.717) is 19.4 Å². The molecule has 1 N–H and O–H groups in total. The Morgan fingerprint density at radius 2 is 1.53 bits per heavy atom. The number of hydrogen-bond acceptors (Lipinski definition) is 3. The molecule has 0 unspecified atom stereocenters. The van der Waals surface area contributed by atoms with Crippen LogP contribution >= 0.6 is 0 Å². The van der Waals surface area contributed by atoms with Crippen molar-refractivity contribution in [2.24, 2.45) is 5.92 Å². The van der Waals surface area contributed by atoms with Crippen molar-refractivity contribution in [1.82, 2.24) is 9.62 Å². The number of carbonyl (C=O) groups is 1. The van der Waals surface area contributed by atoms with Crippen LogP contribution in [-0.2, 0) is 21.4 Å². The van der Waals surface area contributed by atoms with E-state index in [0.717, 1.165) is 17.2 Å². The molecule has 3 aromatic carbocycles. The Labute approximate surface area is 187 Å². The summed E-state index contributed by atoms with van der Waals surface area (Å²) in [5.41, 5.74) is 1.80. The molecule has 0 aliphatic carbocycles. The molecule has 32 heavy (non-hydrogen) atoms. The Hall–Kier alpha value is -3.03. The maximum Gasteiger partial charge on any atom is 0.246 e. The number of carbonyl (C=O) groups excluding carboxylic acids is 1. The van der Waals surface area contributed by atoms with Gasteiger partial charge in [-0.3, -0.25) is 4.79 Å². The van der Waals surface area contributed by atoms with Crippen molar-refractivity contribution in [3.63, 3.8) is 0 Å². The summed E-state index contributed by atoms with van der Waals surface area (Å²) >= 11 is 0. The summed E-state index contributed by atoms with van der Waals surface area (Å²) in [6.07, 6.45) is 1.02. The van der Waals surface area contributed by atoms with Crippen LogP contribution in [0, 0.1) is 11.7 Å². The summed E-state index contributed by atoms with van der Waals surface area (Å²) < 4.78 is 42.7. The summed E-state index contributed by atoms with van der Waals surface area (Å²) in [4.78, 5) is 12.5. The van der Waals surface area contributed by atoms with Crippen molar-refractivity contribution in [2.45, 2.75) is 30.3 Å². The van der Waals surface area contributed by atoms with E-state index in [1.807, 2.05) is 60.7 Å². The van der Waals surface area contributed by atoms with Gasteiger partial charge in [0, 0.05) is 13.1 Å². The average molecular weight is 453 g/mol. The fraction of sp³-hybridized carbons (Fsp3) is 0.240. The topological polar surface area (TPSA) is 66.5 Å². The molecule has 1 heterocycles. The van der Waals surface area contributed by atoms with Gasteiger partial charge in [0.2, 0.25) is 15.9 Å². The molecule has 2 atom stereocenters. The normalized spacial score (nSPS) is 19.4. The molecule has 4 rings (SSSR count). The molecule has 166 valence electrons. The first-order chi connectivity index (χ1) is 15.5. The summed E-state index contributed by atoms with van der Waals surface area (Å²) in [5, 5.41) is 2.91. The summed E-state index contributed by atoms with van der Waals surface area (Å²) in [5.74, 6) is -1.51. The quantitative estimate of drug-likeness (QED) is 0.607. The molecule has 0 bridgehead atoms. The van der Waals surface area contributed by atoms with Crippen LogP contribution < -0.4 is 5.32 Å². The van der Waals surface area contributed by atoms with Gasteiger partial charge in [0.05, 0.1) is 12.0 Å². The Morgan fingerprint density at radius 3 is 2.22 bits per heavy atom. The summed E-state index contributed by atoms with van der Waals surface area (Å²) in [7, 11) is -4.15. The van der Waals surface area contributed by atoms with Crippen molar-refractivity contribution in [2.75, 3.05) is 6.54 Å². The van der Waals surface area contributed by atoms with Gasteiger partial charge in [-0.05, 0) is 36.1 Å². The maximum absolute atomic E-state index is 14.4. The standard InChI is InChI=1S/C25H25FN2O3S/c26-22-13-7-8-14-24(22)32(30,31)28-18-21(15-16-23(28)20-11-5-2-6-12-20)25(29)27-17-19-9-3-1-4-10-19/h1-14,21,23H,15-18H2,(H,27,29)/t21-,23-/m1/s1. The first-order valence-electron chi connectivity index (χ1n) is 10.6. The fourth-order valence-corrected chi connectivity index (χ4v) is 5.89. The Balaban J connectivity index is 1.60. The van der Waals surface area contributed by atoms with Crippen molar-refractivity contribution < 1.29 is 17.6 Å². The lowest BCUT2D eigenvalue weighted by Crippen LogP contribution is -2.47. The number of nitrogens with one attached hydrogen (secondary N) is 1. The molecule has 1 fully saturated rings. The van der Waals surface area contributed by atoms with Crippen molar-refractivity contribution in [1.29, 1.82) is 0 Å². The number of sulfonamides is 1. The second-order valence-corrected chi connectivity index (χ2v) is 9.77. The zero-order valence-electron chi connectivity index (χ0n) is 17.5. The molecular weight excluding hydrogens is 427 g/mol. The summed E-state index contributed by atoms with van der Waals surface area (Å²) in [6.45, 7) is 0.370. The van der Waals surface area contributed by atoms with Crippen molar-refractivity contribution in [3.8, 4) is 0 Å². The van der Waals surface area contributed by atoms with E-state index < -0.39 is 27.8 Å². The monoisotopic (exact) mass is 452 g/mol. The smallest absolute Gasteiger partial charge is 0.246 e. The van der Waals surface area contributed by atoms with Gasteiger partial charge < -0.3 is 5.32 Å². The molecule has 1 aliphatic heterocycles. The highest BCUT2D eigenvalue weighted by Gasteiger charge is 2.40. The van der Waals surface area contributed by atoms with Crippen LogP contribution in [-0.4, -0.2) is 25.2 Å². The minimum absolute atomic E-state index is 0.00312. The Kier molecular flexibility index (Phi) is 6.67. The zero-order chi connectivity index (χ0) is 22.6. The highest BCUT2D eigenvalue weighted by Crippen LogP contribution is 2.38. The van der Waals surface area contributed by atoms with Crippen LogP contribution in [0.1, 0.15) is 30.0 Å². The number of nitrogens with zero attached hydrogens (tertiary/aromatic N) is 1. The lowest BCUT2D eigenvalue weighted by molar-refractivity contribution is -0.126. The Bertz CT molecular complexity index is 1170.